The van der Waals surface area contributed by atoms with Crippen LogP contribution in [0.1, 0.15) is 28.8 Å². The molecule has 0 saturated heterocycles. The van der Waals surface area contributed by atoms with E-state index in [-0.39, 0.29) is 30.2 Å². The normalized spacial score (nSPS) is 11.0. The van der Waals surface area contributed by atoms with Gasteiger partial charge in [0.25, 0.3) is 5.91 Å². The van der Waals surface area contributed by atoms with Crippen LogP contribution in [0.25, 0.3) is 0 Å². The van der Waals surface area contributed by atoms with Crippen molar-refractivity contribution in [1.29, 1.82) is 0 Å². The third-order valence-electron chi connectivity index (χ3n) is 3.71. The van der Waals surface area contributed by atoms with E-state index < -0.39 is 17.6 Å². The minimum Gasteiger partial charge on any atom is -0.469 e. The minimum atomic E-state index is -4.45. The van der Waals surface area contributed by atoms with Crippen molar-refractivity contribution < 1.29 is 27.5 Å². The lowest BCUT2D eigenvalue weighted by Gasteiger charge is -2.14. The number of rotatable bonds is 7. The van der Waals surface area contributed by atoms with Gasteiger partial charge in [0.1, 0.15) is 0 Å². The number of hydrogen-bond donors (Lipinski definition) is 2. The maximum atomic E-state index is 12.8. The summed E-state index contributed by atoms with van der Waals surface area (Å²) in [6, 6.07) is 11.2. The van der Waals surface area contributed by atoms with Gasteiger partial charge in [-0.15, -0.1) is 0 Å². The molecule has 2 aromatic rings. The van der Waals surface area contributed by atoms with Crippen molar-refractivity contribution in [3.05, 3.63) is 59.7 Å². The van der Waals surface area contributed by atoms with E-state index in [4.69, 9.17) is 0 Å². The summed E-state index contributed by atoms with van der Waals surface area (Å²) in [5.41, 5.74) is 0.100. The van der Waals surface area contributed by atoms with Gasteiger partial charge < -0.3 is 15.4 Å². The zero-order valence-electron chi connectivity index (χ0n) is 14.6. The Bertz CT molecular complexity index is 807. The lowest BCUT2D eigenvalue weighted by Crippen LogP contribution is -2.25. The third kappa shape index (κ3) is 6.02. The first-order chi connectivity index (χ1) is 12.8. The number of halogens is 3. The van der Waals surface area contributed by atoms with Crippen LogP contribution < -0.4 is 10.6 Å². The van der Waals surface area contributed by atoms with Crippen LogP contribution in [0, 0.1) is 0 Å². The first kappa shape index (κ1) is 20.3. The molecule has 8 heteroatoms. The lowest BCUT2D eigenvalue weighted by molar-refractivity contribution is -0.140. The molecule has 0 unspecified atom stereocenters. The van der Waals surface area contributed by atoms with E-state index in [0.29, 0.717) is 12.1 Å². The number of alkyl halides is 3. The number of para-hydroxylation sites is 1. The van der Waals surface area contributed by atoms with Crippen molar-refractivity contribution in [3.8, 4) is 0 Å². The SMILES string of the molecule is COC(=O)CCCNC(=O)c1ccccc1Nc1cccc(C(F)(F)F)c1. The van der Waals surface area contributed by atoms with Gasteiger partial charge in [0, 0.05) is 18.7 Å². The zero-order chi connectivity index (χ0) is 19.9. The molecular weight excluding hydrogens is 361 g/mol. The predicted octanol–water partition coefficient (Wildman–Crippen LogP) is 4.13. The number of nitrogens with one attached hydrogen (secondary N) is 2. The maximum absolute atomic E-state index is 12.8. The van der Waals surface area contributed by atoms with Crippen LogP contribution in [-0.2, 0) is 15.7 Å². The summed E-state index contributed by atoms with van der Waals surface area (Å²) in [4.78, 5) is 23.4. The molecule has 0 spiro atoms. The number of benzene rings is 2. The number of amides is 1. The third-order valence-corrected chi connectivity index (χ3v) is 3.71. The fourth-order valence-electron chi connectivity index (χ4n) is 2.35. The monoisotopic (exact) mass is 380 g/mol. The van der Waals surface area contributed by atoms with Crippen molar-refractivity contribution >= 4 is 23.3 Å². The highest BCUT2D eigenvalue weighted by Crippen LogP contribution is 2.31. The fourth-order valence-corrected chi connectivity index (χ4v) is 2.35. The second-order valence-electron chi connectivity index (χ2n) is 5.68. The summed E-state index contributed by atoms with van der Waals surface area (Å²) in [5.74, 6) is -0.759. The molecule has 1 amide bonds. The van der Waals surface area contributed by atoms with Crippen molar-refractivity contribution in [1.82, 2.24) is 5.32 Å². The molecule has 2 rings (SSSR count). The Morgan fingerprint density at radius 3 is 2.52 bits per heavy atom. The highest BCUT2D eigenvalue weighted by molar-refractivity contribution is 6.00. The quantitative estimate of drug-likeness (QED) is 0.560. The Morgan fingerprint density at radius 2 is 1.81 bits per heavy atom. The molecule has 144 valence electrons. The highest BCUT2D eigenvalue weighted by Gasteiger charge is 2.30. The maximum Gasteiger partial charge on any atom is 0.416 e. The number of anilines is 2. The van der Waals surface area contributed by atoms with Gasteiger partial charge in [0.05, 0.1) is 23.9 Å². The van der Waals surface area contributed by atoms with E-state index in [1.54, 1.807) is 24.3 Å². The molecule has 0 fully saturated rings. The Balaban J connectivity index is 2.07. The van der Waals surface area contributed by atoms with Crippen LogP contribution in [0.2, 0.25) is 0 Å². The van der Waals surface area contributed by atoms with Gasteiger partial charge in [-0.2, -0.15) is 13.2 Å². The summed E-state index contributed by atoms with van der Waals surface area (Å²) in [6.07, 6.45) is -3.85. The second kappa shape index (κ2) is 9.07. The highest BCUT2D eigenvalue weighted by atomic mass is 19.4. The summed E-state index contributed by atoms with van der Waals surface area (Å²) in [7, 11) is 1.29. The largest absolute Gasteiger partial charge is 0.469 e. The molecule has 0 bridgehead atoms. The van der Waals surface area contributed by atoms with Crippen LogP contribution in [0.4, 0.5) is 24.5 Å². The minimum absolute atomic E-state index is 0.181. The first-order valence-electron chi connectivity index (χ1n) is 8.19. The van der Waals surface area contributed by atoms with Gasteiger partial charge in [-0.1, -0.05) is 18.2 Å². The fraction of sp³-hybridized carbons (Fsp3) is 0.263. The molecule has 0 aromatic heterocycles. The molecule has 2 aromatic carbocycles. The van der Waals surface area contributed by atoms with E-state index >= 15 is 0 Å². The van der Waals surface area contributed by atoms with Crippen molar-refractivity contribution in [3.63, 3.8) is 0 Å². The predicted molar refractivity (Wildman–Crippen MR) is 94.8 cm³/mol. The van der Waals surface area contributed by atoms with E-state index in [1.807, 2.05) is 0 Å². The number of carbonyl (C=O) groups excluding carboxylic acids is 2. The van der Waals surface area contributed by atoms with E-state index in [2.05, 4.69) is 15.4 Å². The number of ether oxygens (including phenoxy) is 1. The number of esters is 1. The molecule has 0 aliphatic heterocycles. The van der Waals surface area contributed by atoms with Gasteiger partial charge in [-0.25, -0.2) is 0 Å². The van der Waals surface area contributed by atoms with Crippen molar-refractivity contribution in [2.75, 3.05) is 19.0 Å². The van der Waals surface area contributed by atoms with Gasteiger partial charge in [-0.05, 0) is 36.8 Å². The molecule has 2 N–H and O–H groups in total. The average molecular weight is 380 g/mol. The van der Waals surface area contributed by atoms with Gasteiger partial charge in [-0.3, -0.25) is 9.59 Å². The Morgan fingerprint density at radius 1 is 1.07 bits per heavy atom. The van der Waals surface area contributed by atoms with Crippen molar-refractivity contribution in [2.24, 2.45) is 0 Å². The van der Waals surface area contributed by atoms with Crippen LogP contribution in [0.3, 0.4) is 0 Å². The van der Waals surface area contributed by atoms with Gasteiger partial charge >= 0.3 is 12.1 Å². The lowest BCUT2D eigenvalue weighted by atomic mass is 10.1. The van der Waals surface area contributed by atoms with Gasteiger partial charge in [0.15, 0.2) is 0 Å². The Kier molecular flexibility index (Phi) is 6.81. The molecule has 0 saturated carbocycles. The van der Waals surface area contributed by atoms with Crippen LogP contribution >= 0.6 is 0 Å². The standard InChI is InChI=1S/C19H19F3N2O3/c1-27-17(25)10-5-11-23-18(26)15-8-2-3-9-16(15)24-14-7-4-6-13(12-14)19(20,21)22/h2-4,6-9,12,24H,5,10-11H2,1H3,(H,23,26). The molecule has 0 aliphatic rings. The number of methoxy groups -OCH3 is 1. The van der Waals surface area contributed by atoms with E-state index in [9.17, 15) is 22.8 Å². The Hall–Kier alpha value is -3.03. The van der Waals surface area contributed by atoms with E-state index in [0.717, 1.165) is 12.1 Å². The molecule has 0 aliphatic carbocycles. The van der Waals surface area contributed by atoms with Crippen LogP contribution in [-0.4, -0.2) is 25.5 Å². The first-order valence-corrected chi connectivity index (χ1v) is 8.19. The molecule has 5 nitrogen and oxygen atoms in total. The van der Waals surface area contributed by atoms with Crippen LogP contribution in [0.15, 0.2) is 48.5 Å². The van der Waals surface area contributed by atoms with Crippen molar-refractivity contribution in [2.45, 2.75) is 19.0 Å². The molecule has 0 heterocycles. The summed E-state index contributed by atoms with van der Waals surface area (Å²) >= 11 is 0. The topological polar surface area (TPSA) is 67.4 Å². The number of carbonyl (C=O) groups is 2. The summed E-state index contributed by atoms with van der Waals surface area (Å²) in [5, 5.41) is 5.52. The second-order valence-corrected chi connectivity index (χ2v) is 5.68. The molecule has 0 atom stereocenters. The van der Waals surface area contributed by atoms with Crippen LogP contribution in [0.5, 0.6) is 0 Å². The molecular formula is C19H19F3N2O3. The van der Waals surface area contributed by atoms with Gasteiger partial charge in [0.2, 0.25) is 0 Å². The average Bonchev–Trinajstić information content (AvgIpc) is 2.65. The Labute approximate surface area is 154 Å². The zero-order valence-corrected chi connectivity index (χ0v) is 14.6. The smallest absolute Gasteiger partial charge is 0.416 e. The number of hydrogen-bond acceptors (Lipinski definition) is 4. The molecule has 0 radical (unpaired) electrons. The molecule has 27 heavy (non-hydrogen) atoms. The summed E-state index contributed by atoms with van der Waals surface area (Å²) < 4.78 is 43.1. The van der Waals surface area contributed by atoms with E-state index in [1.165, 1.54) is 19.2 Å². The summed E-state index contributed by atoms with van der Waals surface area (Å²) in [6.45, 7) is 0.270.